The molecule has 0 aliphatic carbocycles. The molecule has 1 aliphatic rings. The van der Waals surface area contributed by atoms with E-state index in [4.69, 9.17) is 11.6 Å². The van der Waals surface area contributed by atoms with Crippen molar-refractivity contribution in [2.24, 2.45) is 4.99 Å². The molecular formula is C13H19ClN3OS+. The average molecular weight is 301 g/mol. The van der Waals surface area contributed by atoms with Crippen LogP contribution in [0.25, 0.3) is 0 Å². The number of benzene rings is 1. The minimum Gasteiger partial charge on any atom is -0.388 e. The predicted octanol–water partition coefficient (Wildman–Crippen LogP) is 0.713. The molecule has 1 aliphatic heterocycles. The van der Waals surface area contributed by atoms with E-state index in [1.54, 1.807) is 11.8 Å². The number of aliphatic hydroxyl groups is 1. The predicted molar refractivity (Wildman–Crippen MR) is 80.6 cm³/mol. The van der Waals surface area contributed by atoms with Gasteiger partial charge >= 0.3 is 0 Å². The lowest BCUT2D eigenvalue weighted by molar-refractivity contribution is -0.905. The zero-order valence-corrected chi connectivity index (χ0v) is 12.5. The van der Waals surface area contributed by atoms with Gasteiger partial charge in [0, 0.05) is 10.8 Å². The minimum atomic E-state index is -0.282. The Morgan fingerprint density at radius 2 is 2.21 bits per heavy atom. The van der Waals surface area contributed by atoms with Crippen molar-refractivity contribution < 1.29 is 10.0 Å². The Hall–Kier alpha value is -0.750. The van der Waals surface area contributed by atoms with Crippen molar-refractivity contribution in [3.63, 3.8) is 0 Å². The number of hydrogen-bond acceptors (Lipinski definition) is 4. The van der Waals surface area contributed by atoms with Crippen molar-refractivity contribution in [2.45, 2.75) is 18.8 Å². The van der Waals surface area contributed by atoms with Gasteiger partial charge in [-0.05, 0) is 24.6 Å². The molecular weight excluding hydrogens is 282 g/mol. The quantitative estimate of drug-likeness (QED) is 0.768. The number of thioether (sulfide) groups is 1. The van der Waals surface area contributed by atoms with Crippen molar-refractivity contribution in [3.05, 3.63) is 34.9 Å². The van der Waals surface area contributed by atoms with E-state index >= 15 is 0 Å². The molecule has 0 bridgehead atoms. The topological polar surface area (TPSA) is 49.1 Å². The maximum absolute atomic E-state index is 9.33. The van der Waals surface area contributed by atoms with E-state index in [1.165, 1.54) is 10.5 Å². The van der Waals surface area contributed by atoms with Crippen LogP contribution in [-0.2, 0) is 5.75 Å². The third-order valence-electron chi connectivity index (χ3n) is 2.81. The van der Waals surface area contributed by atoms with Crippen LogP contribution in [0.5, 0.6) is 0 Å². The number of nitrogens with one attached hydrogen (secondary N) is 2. The monoisotopic (exact) mass is 300 g/mol. The molecule has 1 heterocycles. The van der Waals surface area contributed by atoms with E-state index in [2.05, 4.69) is 10.3 Å². The number of quaternary nitrogens is 1. The first-order chi connectivity index (χ1) is 9.13. The normalized spacial score (nSPS) is 20.6. The molecule has 0 aromatic heterocycles. The van der Waals surface area contributed by atoms with Crippen LogP contribution in [0.1, 0.15) is 12.5 Å². The van der Waals surface area contributed by atoms with Gasteiger partial charge < -0.3 is 10.4 Å². The molecule has 0 saturated heterocycles. The highest BCUT2D eigenvalue weighted by molar-refractivity contribution is 8.13. The first-order valence-corrected chi connectivity index (χ1v) is 7.67. The van der Waals surface area contributed by atoms with Crippen LogP contribution in [0.2, 0.25) is 5.02 Å². The molecule has 0 saturated carbocycles. The van der Waals surface area contributed by atoms with Gasteiger partial charge in [-0.3, -0.25) is 4.90 Å². The van der Waals surface area contributed by atoms with Crippen molar-refractivity contribution in [1.82, 2.24) is 5.32 Å². The average Bonchev–Trinajstić information content (AvgIpc) is 2.39. The molecule has 0 amide bonds. The van der Waals surface area contributed by atoms with E-state index in [-0.39, 0.29) is 6.10 Å². The molecule has 2 atom stereocenters. The summed E-state index contributed by atoms with van der Waals surface area (Å²) < 4.78 is 0. The fourth-order valence-electron chi connectivity index (χ4n) is 1.88. The molecule has 1 aromatic carbocycles. The summed E-state index contributed by atoms with van der Waals surface area (Å²) in [6.07, 6.45) is -0.282. The second-order valence-electron chi connectivity index (χ2n) is 4.69. The number of nitrogens with zero attached hydrogens (tertiary/aromatic N) is 1. The highest BCUT2D eigenvalue weighted by Gasteiger charge is 2.16. The standard InChI is InChI=1S/C13H18ClN3OS/c1-10(18)6-17-8-15-13(16-9-17)19-7-11-2-4-12(14)5-3-11/h2-5,10,18H,6-9H2,1H3,(H,15,16)/p+1/t10-/m0/s1. The molecule has 6 heteroatoms. The maximum Gasteiger partial charge on any atom is 0.175 e. The van der Waals surface area contributed by atoms with E-state index in [0.29, 0.717) is 0 Å². The molecule has 3 N–H and O–H groups in total. The first kappa shape index (κ1) is 14.7. The van der Waals surface area contributed by atoms with Gasteiger partial charge in [-0.15, -0.1) is 0 Å². The van der Waals surface area contributed by atoms with Crippen LogP contribution in [0.15, 0.2) is 29.3 Å². The van der Waals surface area contributed by atoms with Gasteiger partial charge in [0.15, 0.2) is 18.5 Å². The van der Waals surface area contributed by atoms with Gasteiger partial charge in [0.1, 0.15) is 12.6 Å². The summed E-state index contributed by atoms with van der Waals surface area (Å²) in [6.45, 7) is 4.07. The molecule has 19 heavy (non-hydrogen) atoms. The summed E-state index contributed by atoms with van der Waals surface area (Å²) in [7, 11) is 0. The highest BCUT2D eigenvalue weighted by atomic mass is 35.5. The lowest BCUT2D eigenvalue weighted by atomic mass is 10.2. The van der Waals surface area contributed by atoms with Gasteiger partial charge in [0.2, 0.25) is 0 Å². The van der Waals surface area contributed by atoms with E-state index in [0.717, 1.165) is 35.8 Å². The molecule has 0 radical (unpaired) electrons. The van der Waals surface area contributed by atoms with Crippen molar-refractivity contribution >= 4 is 28.5 Å². The zero-order chi connectivity index (χ0) is 13.7. The third kappa shape index (κ3) is 5.03. The van der Waals surface area contributed by atoms with Gasteiger partial charge in [-0.1, -0.05) is 35.5 Å². The Kier molecular flexibility index (Phi) is 5.51. The number of halogens is 1. The Morgan fingerprint density at radius 3 is 2.79 bits per heavy atom. The fourth-order valence-corrected chi connectivity index (χ4v) is 2.83. The molecule has 2 rings (SSSR count). The number of rotatable bonds is 4. The minimum absolute atomic E-state index is 0.282. The smallest absolute Gasteiger partial charge is 0.175 e. The van der Waals surface area contributed by atoms with Crippen LogP contribution < -0.4 is 10.2 Å². The molecule has 0 fully saturated rings. The van der Waals surface area contributed by atoms with Gasteiger partial charge in [0.05, 0.1) is 0 Å². The Morgan fingerprint density at radius 1 is 1.47 bits per heavy atom. The molecule has 1 aromatic rings. The van der Waals surface area contributed by atoms with Gasteiger partial charge in [0.25, 0.3) is 0 Å². The second-order valence-corrected chi connectivity index (χ2v) is 6.09. The highest BCUT2D eigenvalue weighted by Crippen LogP contribution is 2.16. The molecule has 4 nitrogen and oxygen atoms in total. The van der Waals surface area contributed by atoms with E-state index in [1.807, 2.05) is 31.2 Å². The fraction of sp³-hybridized carbons (Fsp3) is 0.462. The van der Waals surface area contributed by atoms with Crippen molar-refractivity contribution in [3.8, 4) is 0 Å². The summed E-state index contributed by atoms with van der Waals surface area (Å²) in [5, 5.41) is 14.4. The van der Waals surface area contributed by atoms with Crippen molar-refractivity contribution in [2.75, 3.05) is 19.9 Å². The largest absolute Gasteiger partial charge is 0.388 e. The van der Waals surface area contributed by atoms with Crippen LogP contribution in [0.3, 0.4) is 0 Å². The van der Waals surface area contributed by atoms with Crippen LogP contribution in [-0.4, -0.2) is 36.3 Å². The lowest BCUT2D eigenvalue weighted by Gasteiger charge is -2.24. The number of amidine groups is 1. The maximum atomic E-state index is 9.33. The number of aliphatic hydroxyl groups excluding tert-OH is 1. The van der Waals surface area contributed by atoms with Crippen LogP contribution in [0.4, 0.5) is 0 Å². The van der Waals surface area contributed by atoms with Gasteiger partial charge in [-0.25, -0.2) is 4.99 Å². The summed E-state index contributed by atoms with van der Waals surface area (Å²) >= 11 is 7.55. The van der Waals surface area contributed by atoms with Gasteiger partial charge in [-0.2, -0.15) is 0 Å². The Bertz CT molecular complexity index is 436. The van der Waals surface area contributed by atoms with Crippen LogP contribution >= 0.6 is 23.4 Å². The third-order valence-corrected chi connectivity index (χ3v) is 4.09. The number of aliphatic imine (C=N–C) groups is 1. The summed E-state index contributed by atoms with van der Waals surface area (Å²) in [5.41, 5.74) is 1.23. The van der Waals surface area contributed by atoms with Crippen LogP contribution in [0, 0.1) is 0 Å². The second kappa shape index (κ2) is 7.14. The SMILES string of the molecule is C[C@H](O)C[NH+]1CN=C(SCc2ccc(Cl)cc2)NC1. The number of hydrogen-bond donors (Lipinski definition) is 3. The first-order valence-electron chi connectivity index (χ1n) is 6.30. The molecule has 0 spiro atoms. The van der Waals surface area contributed by atoms with E-state index < -0.39 is 0 Å². The van der Waals surface area contributed by atoms with Crippen molar-refractivity contribution in [1.29, 1.82) is 0 Å². The Labute approximate surface area is 122 Å². The lowest BCUT2D eigenvalue weighted by Crippen LogP contribution is -3.15. The molecule has 104 valence electrons. The molecule has 1 unspecified atom stereocenters. The summed E-state index contributed by atoms with van der Waals surface area (Å²) in [5.74, 6) is 0.884. The van der Waals surface area contributed by atoms with E-state index in [9.17, 15) is 5.11 Å². The Balaban J connectivity index is 1.78. The summed E-state index contributed by atoms with van der Waals surface area (Å²) in [4.78, 5) is 5.75. The zero-order valence-electron chi connectivity index (χ0n) is 10.9. The summed E-state index contributed by atoms with van der Waals surface area (Å²) in [6, 6.07) is 7.87.